The Morgan fingerprint density at radius 1 is 1.05 bits per heavy atom. The molecule has 0 spiro atoms. The van der Waals surface area contributed by atoms with Gasteiger partial charge in [-0.25, -0.2) is 4.39 Å². The number of aryl methyl sites for hydroxylation is 1. The first-order chi connectivity index (χ1) is 9.65. The lowest BCUT2D eigenvalue weighted by Crippen LogP contribution is -2.23. The minimum Gasteiger partial charge on any atom is -0.490 e. The van der Waals surface area contributed by atoms with Crippen molar-refractivity contribution in [2.75, 3.05) is 26.3 Å². The maximum atomic E-state index is 14.1. The molecule has 4 N–H and O–H groups in total. The lowest BCUT2D eigenvalue weighted by atomic mass is 9.99. The molecule has 0 fully saturated rings. The van der Waals surface area contributed by atoms with Crippen LogP contribution in [0.1, 0.15) is 25.8 Å². The van der Waals surface area contributed by atoms with Crippen LogP contribution in [0.2, 0.25) is 0 Å². The SMILES string of the molecule is CCOc1cc(F)c(CCC(CN)CN)cc1OCC. The summed E-state index contributed by atoms with van der Waals surface area (Å²) in [4.78, 5) is 0. The third-order valence-corrected chi connectivity index (χ3v) is 3.20. The zero-order chi connectivity index (χ0) is 15.0. The lowest BCUT2D eigenvalue weighted by molar-refractivity contribution is 0.285. The number of ether oxygens (including phenoxy) is 2. The topological polar surface area (TPSA) is 70.5 Å². The van der Waals surface area contributed by atoms with Crippen molar-refractivity contribution < 1.29 is 13.9 Å². The average Bonchev–Trinajstić information content (AvgIpc) is 2.44. The largest absolute Gasteiger partial charge is 0.490 e. The molecule has 0 aliphatic heterocycles. The lowest BCUT2D eigenvalue weighted by Gasteiger charge is -2.15. The van der Waals surface area contributed by atoms with Gasteiger partial charge in [-0.3, -0.25) is 0 Å². The van der Waals surface area contributed by atoms with Gasteiger partial charge in [0.2, 0.25) is 0 Å². The molecule has 4 nitrogen and oxygen atoms in total. The quantitative estimate of drug-likeness (QED) is 0.728. The van der Waals surface area contributed by atoms with Crippen LogP contribution in [0, 0.1) is 11.7 Å². The van der Waals surface area contributed by atoms with Crippen LogP contribution < -0.4 is 20.9 Å². The van der Waals surface area contributed by atoms with E-state index in [2.05, 4.69) is 0 Å². The Labute approximate surface area is 120 Å². The molecule has 0 amide bonds. The number of hydrogen-bond acceptors (Lipinski definition) is 4. The third-order valence-electron chi connectivity index (χ3n) is 3.20. The Hall–Kier alpha value is -1.33. The first-order valence-electron chi connectivity index (χ1n) is 7.14. The highest BCUT2D eigenvalue weighted by atomic mass is 19.1. The van der Waals surface area contributed by atoms with E-state index in [1.807, 2.05) is 13.8 Å². The van der Waals surface area contributed by atoms with Gasteiger partial charge in [0.25, 0.3) is 0 Å². The molecule has 0 saturated heterocycles. The highest BCUT2D eigenvalue weighted by Gasteiger charge is 2.13. The van der Waals surface area contributed by atoms with Gasteiger partial charge in [0.15, 0.2) is 11.5 Å². The van der Waals surface area contributed by atoms with Crippen molar-refractivity contribution in [2.24, 2.45) is 17.4 Å². The molecule has 0 unspecified atom stereocenters. The Morgan fingerprint density at radius 3 is 2.10 bits per heavy atom. The molecule has 114 valence electrons. The van der Waals surface area contributed by atoms with Crippen LogP contribution in [0.25, 0.3) is 0 Å². The molecule has 1 aromatic carbocycles. The molecule has 0 aliphatic carbocycles. The molecule has 0 radical (unpaired) electrons. The van der Waals surface area contributed by atoms with Crippen molar-refractivity contribution >= 4 is 0 Å². The van der Waals surface area contributed by atoms with Gasteiger partial charge >= 0.3 is 0 Å². The van der Waals surface area contributed by atoms with Gasteiger partial charge in [-0.2, -0.15) is 0 Å². The van der Waals surface area contributed by atoms with Crippen LogP contribution in [-0.2, 0) is 6.42 Å². The number of benzene rings is 1. The van der Waals surface area contributed by atoms with Crippen LogP contribution in [0.3, 0.4) is 0 Å². The minimum absolute atomic E-state index is 0.219. The molecule has 1 aromatic rings. The molecule has 5 heteroatoms. The van der Waals surface area contributed by atoms with Crippen LogP contribution >= 0.6 is 0 Å². The van der Waals surface area contributed by atoms with E-state index in [1.54, 1.807) is 6.07 Å². The Bertz CT molecular complexity index is 409. The fourth-order valence-corrected chi connectivity index (χ4v) is 2.00. The van der Waals surface area contributed by atoms with E-state index in [4.69, 9.17) is 20.9 Å². The summed E-state index contributed by atoms with van der Waals surface area (Å²) in [5, 5.41) is 0. The third kappa shape index (κ3) is 4.65. The van der Waals surface area contributed by atoms with Crippen LogP contribution in [0.15, 0.2) is 12.1 Å². The monoisotopic (exact) mass is 284 g/mol. The second kappa shape index (κ2) is 8.76. The number of nitrogens with two attached hydrogens (primary N) is 2. The summed E-state index contributed by atoms with van der Waals surface area (Å²) in [5.74, 6) is 0.980. The predicted molar refractivity (Wildman–Crippen MR) is 78.7 cm³/mol. The summed E-state index contributed by atoms with van der Waals surface area (Å²) < 4.78 is 24.9. The standard InChI is InChI=1S/C15H25FN2O2/c1-3-19-14-7-12(6-5-11(9-17)10-18)13(16)8-15(14)20-4-2/h7-8,11H,3-6,9-10,17-18H2,1-2H3. The molecule has 0 aromatic heterocycles. The van der Waals surface area contributed by atoms with Gasteiger partial charge in [0.05, 0.1) is 13.2 Å². The highest BCUT2D eigenvalue weighted by Crippen LogP contribution is 2.31. The van der Waals surface area contributed by atoms with Crippen LogP contribution in [0.5, 0.6) is 11.5 Å². The average molecular weight is 284 g/mol. The first-order valence-corrected chi connectivity index (χ1v) is 7.14. The van der Waals surface area contributed by atoms with Gasteiger partial charge < -0.3 is 20.9 Å². The number of halogens is 1. The second-order valence-electron chi connectivity index (χ2n) is 4.63. The van der Waals surface area contributed by atoms with Gasteiger partial charge in [-0.1, -0.05) is 0 Å². The molecular formula is C15H25FN2O2. The summed E-state index contributed by atoms with van der Waals surface area (Å²) in [6.07, 6.45) is 1.36. The van der Waals surface area contributed by atoms with E-state index < -0.39 is 0 Å². The summed E-state index contributed by atoms with van der Waals surface area (Å²) in [6.45, 7) is 5.77. The maximum Gasteiger partial charge on any atom is 0.164 e. The number of rotatable bonds is 9. The van der Waals surface area contributed by atoms with E-state index in [0.717, 1.165) is 6.42 Å². The van der Waals surface area contributed by atoms with Crippen molar-refractivity contribution in [2.45, 2.75) is 26.7 Å². The molecule has 0 heterocycles. The van der Waals surface area contributed by atoms with Gasteiger partial charge in [-0.15, -0.1) is 0 Å². The summed E-state index contributed by atoms with van der Waals surface area (Å²) in [7, 11) is 0. The fourth-order valence-electron chi connectivity index (χ4n) is 2.00. The summed E-state index contributed by atoms with van der Waals surface area (Å²) >= 11 is 0. The minimum atomic E-state index is -0.273. The number of hydrogen-bond donors (Lipinski definition) is 2. The smallest absolute Gasteiger partial charge is 0.164 e. The van der Waals surface area contributed by atoms with E-state index in [9.17, 15) is 4.39 Å². The maximum absolute atomic E-state index is 14.1. The summed E-state index contributed by atoms with van der Waals surface area (Å²) in [5.41, 5.74) is 11.8. The Balaban J connectivity index is 2.87. The normalized spacial score (nSPS) is 10.9. The highest BCUT2D eigenvalue weighted by molar-refractivity contribution is 5.44. The second-order valence-corrected chi connectivity index (χ2v) is 4.63. The molecule has 0 atom stereocenters. The van der Waals surface area contributed by atoms with Crippen molar-refractivity contribution in [1.82, 2.24) is 0 Å². The molecular weight excluding hydrogens is 259 g/mol. The Kier molecular flexibility index (Phi) is 7.33. The van der Waals surface area contributed by atoms with E-state index in [-0.39, 0.29) is 11.7 Å². The fraction of sp³-hybridized carbons (Fsp3) is 0.600. The van der Waals surface area contributed by atoms with Crippen LogP contribution in [0.4, 0.5) is 4.39 Å². The van der Waals surface area contributed by atoms with E-state index in [1.165, 1.54) is 6.07 Å². The molecule has 1 rings (SSSR count). The zero-order valence-electron chi connectivity index (χ0n) is 12.3. The van der Waals surface area contributed by atoms with E-state index in [0.29, 0.717) is 49.8 Å². The zero-order valence-corrected chi connectivity index (χ0v) is 12.3. The van der Waals surface area contributed by atoms with Gasteiger partial charge in [0.1, 0.15) is 5.82 Å². The Morgan fingerprint density at radius 2 is 1.60 bits per heavy atom. The van der Waals surface area contributed by atoms with Crippen molar-refractivity contribution in [3.05, 3.63) is 23.5 Å². The molecule has 0 saturated carbocycles. The van der Waals surface area contributed by atoms with Gasteiger partial charge in [0, 0.05) is 6.07 Å². The van der Waals surface area contributed by atoms with Crippen molar-refractivity contribution in [1.29, 1.82) is 0 Å². The molecule has 20 heavy (non-hydrogen) atoms. The first kappa shape index (κ1) is 16.7. The molecule has 0 bridgehead atoms. The molecule has 0 aliphatic rings. The summed E-state index contributed by atoms with van der Waals surface area (Å²) in [6, 6.07) is 3.11. The predicted octanol–water partition coefficient (Wildman–Crippen LogP) is 2.09. The van der Waals surface area contributed by atoms with Crippen LogP contribution in [-0.4, -0.2) is 26.3 Å². The van der Waals surface area contributed by atoms with Gasteiger partial charge in [-0.05, 0) is 57.3 Å². The van der Waals surface area contributed by atoms with Crippen molar-refractivity contribution in [3.8, 4) is 11.5 Å². The van der Waals surface area contributed by atoms with Crippen molar-refractivity contribution in [3.63, 3.8) is 0 Å². The van der Waals surface area contributed by atoms with E-state index >= 15 is 0 Å².